The van der Waals surface area contributed by atoms with Gasteiger partial charge in [0.2, 0.25) is 0 Å². The summed E-state index contributed by atoms with van der Waals surface area (Å²) < 4.78 is 3.17. The van der Waals surface area contributed by atoms with Gasteiger partial charge in [-0.05, 0) is 59.7 Å². The summed E-state index contributed by atoms with van der Waals surface area (Å²) in [4.78, 5) is 38.8. The number of carboxylic acid groups (broad SMARTS) is 1. The van der Waals surface area contributed by atoms with E-state index in [0.29, 0.717) is 39.4 Å². The molecule has 7 nitrogen and oxygen atoms in total. The number of carboxylic acids is 1. The first kappa shape index (κ1) is 20.1. The normalized spacial score (nSPS) is 13.1. The predicted octanol–water partition coefficient (Wildman–Crippen LogP) is 3.78. The quantitative estimate of drug-likeness (QED) is 0.516. The molecule has 8 heteroatoms. The van der Waals surface area contributed by atoms with Gasteiger partial charge >= 0.3 is 11.7 Å². The van der Waals surface area contributed by atoms with Crippen LogP contribution in [0.3, 0.4) is 0 Å². The van der Waals surface area contributed by atoms with Crippen molar-refractivity contribution in [3.05, 3.63) is 98.4 Å². The van der Waals surface area contributed by atoms with Crippen molar-refractivity contribution in [3.63, 3.8) is 0 Å². The topological polar surface area (TPSA) is 84.5 Å². The summed E-state index contributed by atoms with van der Waals surface area (Å²) in [5.74, 6) is -1.06. The molecule has 0 spiro atoms. The Morgan fingerprint density at radius 3 is 2.62 bits per heavy atom. The molecule has 1 aliphatic rings. The van der Waals surface area contributed by atoms with Crippen LogP contribution in [0.25, 0.3) is 16.7 Å². The minimum absolute atomic E-state index is 0.0392. The van der Waals surface area contributed by atoms with Crippen LogP contribution in [-0.4, -0.2) is 38.1 Å². The molecule has 32 heavy (non-hydrogen) atoms. The lowest BCUT2D eigenvalue weighted by Gasteiger charge is -2.06. The Bertz CT molecular complexity index is 1480. The molecule has 1 aromatic heterocycles. The van der Waals surface area contributed by atoms with E-state index < -0.39 is 5.97 Å². The third-order valence-corrected chi connectivity index (χ3v) is 5.97. The number of aromatic carboxylic acids is 1. The third-order valence-electron chi connectivity index (χ3n) is 5.74. The number of amides is 1. The number of benzene rings is 3. The first-order valence-corrected chi connectivity index (χ1v) is 10.3. The summed E-state index contributed by atoms with van der Waals surface area (Å²) in [5.41, 5.74) is 4.03. The second-order valence-electron chi connectivity index (χ2n) is 7.85. The zero-order valence-corrected chi connectivity index (χ0v) is 17.8. The largest absolute Gasteiger partial charge is 0.478 e. The highest BCUT2D eigenvalue weighted by atomic mass is 35.5. The number of aromatic nitrogens is 2. The van der Waals surface area contributed by atoms with Crippen LogP contribution in [0, 0.1) is 0 Å². The summed E-state index contributed by atoms with van der Waals surface area (Å²) in [7, 11) is 1.74. The smallest absolute Gasteiger partial charge is 0.335 e. The van der Waals surface area contributed by atoms with Gasteiger partial charge in [0.05, 0.1) is 28.8 Å². The number of carbonyl (C=O) groups excluding carboxylic acids is 1. The Morgan fingerprint density at radius 2 is 1.84 bits per heavy atom. The monoisotopic (exact) mass is 447 g/mol. The summed E-state index contributed by atoms with van der Waals surface area (Å²) >= 11 is 6.25. The highest BCUT2D eigenvalue weighted by Gasteiger charge is 2.25. The molecule has 5 rings (SSSR count). The van der Waals surface area contributed by atoms with E-state index >= 15 is 0 Å². The summed E-state index contributed by atoms with van der Waals surface area (Å²) in [5, 5.41) is 9.78. The van der Waals surface area contributed by atoms with Crippen LogP contribution in [-0.2, 0) is 13.1 Å². The van der Waals surface area contributed by atoms with E-state index in [1.165, 1.54) is 6.07 Å². The SMILES string of the molecule is CN1Cc2cc(-n3c(=O)n(Cc4cccc(C(=O)O)c4)c4ccc(Cl)cc43)ccc2C1=O. The van der Waals surface area contributed by atoms with Crippen LogP contribution in [0.4, 0.5) is 0 Å². The van der Waals surface area contributed by atoms with Crippen molar-refractivity contribution in [2.45, 2.75) is 13.1 Å². The Morgan fingerprint density at radius 1 is 1.03 bits per heavy atom. The molecular weight excluding hydrogens is 430 g/mol. The molecule has 3 aromatic carbocycles. The maximum Gasteiger partial charge on any atom is 0.335 e. The Hall–Kier alpha value is -3.84. The zero-order valence-electron chi connectivity index (χ0n) is 17.1. The molecule has 0 unspecified atom stereocenters. The van der Waals surface area contributed by atoms with E-state index in [9.17, 15) is 19.5 Å². The number of imidazole rings is 1. The number of fused-ring (bicyclic) bond motifs is 2. The number of rotatable bonds is 4. The van der Waals surface area contributed by atoms with Crippen molar-refractivity contribution < 1.29 is 14.7 Å². The molecule has 4 aromatic rings. The average Bonchev–Trinajstić information content (AvgIpc) is 3.20. The molecule has 2 heterocycles. The molecule has 0 aliphatic carbocycles. The molecule has 0 saturated carbocycles. The molecule has 0 fully saturated rings. The predicted molar refractivity (Wildman–Crippen MR) is 121 cm³/mol. The number of nitrogens with zero attached hydrogens (tertiary/aromatic N) is 3. The van der Waals surface area contributed by atoms with Crippen molar-refractivity contribution in [2.24, 2.45) is 0 Å². The summed E-state index contributed by atoms with van der Waals surface area (Å²) in [6, 6.07) is 17.1. The molecule has 0 radical (unpaired) electrons. The number of hydrogen-bond acceptors (Lipinski definition) is 3. The summed E-state index contributed by atoms with van der Waals surface area (Å²) in [6.07, 6.45) is 0. The molecule has 160 valence electrons. The minimum atomic E-state index is -1.02. The highest BCUT2D eigenvalue weighted by molar-refractivity contribution is 6.31. The van der Waals surface area contributed by atoms with E-state index in [-0.39, 0.29) is 23.7 Å². The first-order chi connectivity index (χ1) is 15.3. The van der Waals surface area contributed by atoms with Gasteiger partial charge < -0.3 is 10.0 Å². The fourth-order valence-corrected chi connectivity index (χ4v) is 4.38. The van der Waals surface area contributed by atoms with Crippen LogP contribution in [0.1, 0.15) is 31.8 Å². The van der Waals surface area contributed by atoms with Crippen molar-refractivity contribution in [1.82, 2.24) is 14.0 Å². The van der Waals surface area contributed by atoms with E-state index in [2.05, 4.69) is 0 Å². The molecule has 1 aliphatic heterocycles. The first-order valence-electron chi connectivity index (χ1n) is 9.95. The fraction of sp³-hybridized carbons (Fsp3) is 0.125. The van der Waals surface area contributed by atoms with Gasteiger partial charge in [0.1, 0.15) is 0 Å². The molecule has 1 amide bonds. The maximum atomic E-state index is 13.5. The lowest BCUT2D eigenvalue weighted by molar-refractivity contribution is 0.0696. The van der Waals surface area contributed by atoms with E-state index in [1.54, 1.807) is 69.6 Å². The van der Waals surface area contributed by atoms with Crippen molar-refractivity contribution in [1.29, 1.82) is 0 Å². The van der Waals surface area contributed by atoms with Gasteiger partial charge in [0.25, 0.3) is 5.91 Å². The molecule has 0 bridgehead atoms. The van der Waals surface area contributed by atoms with Crippen LogP contribution in [0.5, 0.6) is 0 Å². The molecular formula is C24H18ClN3O4. The van der Waals surface area contributed by atoms with Gasteiger partial charge in [-0.25, -0.2) is 9.59 Å². The third kappa shape index (κ3) is 3.18. The van der Waals surface area contributed by atoms with Gasteiger partial charge in [-0.2, -0.15) is 0 Å². The lowest BCUT2D eigenvalue weighted by Crippen LogP contribution is -2.24. The Labute approximate surface area is 187 Å². The number of halogens is 1. The fourth-order valence-electron chi connectivity index (χ4n) is 4.21. The minimum Gasteiger partial charge on any atom is -0.478 e. The van der Waals surface area contributed by atoms with Crippen LogP contribution in [0.15, 0.2) is 65.5 Å². The zero-order chi connectivity index (χ0) is 22.6. The van der Waals surface area contributed by atoms with Crippen molar-refractivity contribution in [2.75, 3.05) is 7.05 Å². The van der Waals surface area contributed by atoms with Gasteiger partial charge in [-0.15, -0.1) is 0 Å². The maximum absolute atomic E-state index is 13.5. The Kier molecular flexibility index (Phi) is 4.64. The lowest BCUT2D eigenvalue weighted by atomic mass is 10.1. The van der Waals surface area contributed by atoms with Gasteiger partial charge in [0.15, 0.2) is 0 Å². The standard InChI is InChI=1S/C24H18ClN3O4/c1-26-13-16-10-18(6-7-19(16)22(26)29)28-21-11-17(25)5-8-20(21)27(24(28)32)12-14-3-2-4-15(9-14)23(30)31/h2-11H,12-13H2,1H3,(H,30,31). The van der Waals surface area contributed by atoms with Crippen molar-refractivity contribution in [3.8, 4) is 5.69 Å². The van der Waals surface area contributed by atoms with E-state index in [0.717, 1.165) is 5.56 Å². The van der Waals surface area contributed by atoms with Crippen LogP contribution in [0.2, 0.25) is 5.02 Å². The molecule has 0 saturated heterocycles. The van der Waals surface area contributed by atoms with E-state index in [4.69, 9.17) is 11.6 Å². The number of hydrogen-bond donors (Lipinski definition) is 1. The van der Waals surface area contributed by atoms with Gasteiger partial charge in [-0.3, -0.25) is 13.9 Å². The second kappa shape index (κ2) is 7.39. The highest BCUT2D eigenvalue weighted by Crippen LogP contribution is 2.27. The Balaban J connectivity index is 1.68. The average molecular weight is 448 g/mol. The number of carbonyl (C=O) groups is 2. The van der Waals surface area contributed by atoms with Crippen LogP contribution >= 0.6 is 11.6 Å². The van der Waals surface area contributed by atoms with Crippen LogP contribution < -0.4 is 5.69 Å². The van der Waals surface area contributed by atoms with Crippen molar-refractivity contribution >= 4 is 34.5 Å². The van der Waals surface area contributed by atoms with Gasteiger partial charge in [0, 0.05) is 24.2 Å². The molecule has 0 atom stereocenters. The van der Waals surface area contributed by atoms with E-state index in [1.807, 2.05) is 6.07 Å². The summed E-state index contributed by atoms with van der Waals surface area (Å²) in [6.45, 7) is 0.690. The second-order valence-corrected chi connectivity index (χ2v) is 8.28. The van der Waals surface area contributed by atoms with Gasteiger partial charge in [-0.1, -0.05) is 23.7 Å². The molecule has 1 N–H and O–H groups in total.